The Bertz CT molecular complexity index is 472. The average Bonchev–Trinajstić information content (AvgIpc) is 2.46. The molecule has 0 bridgehead atoms. The Kier molecular flexibility index (Phi) is 7.29. The molecule has 0 radical (unpaired) electrons. The van der Waals surface area contributed by atoms with Crippen LogP contribution in [0.3, 0.4) is 0 Å². The molecule has 1 aromatic carbocycles. The third-order valence-electron chi connectivity index (χ3n) is 2.83. The number of nitrogens with zero attached hydrogens (tertiary/aromatic N) is 1. The van der Waals surface area contributed by atoms with Crippen molar-refractivity contribution in [2.24, 2.45) is 4.99 Å². The molecule has 0 aliphatic rings. The molecule has 0 aromatic heterocycles. The van der Waals surface area contributed by atoms with Crippen LogP contribution in [0.2, 0.25) is 0 Å². The molecule has 0 unspecified atom stereocenters. The fraction of sp³-hybridized carbons (Fsp3) is 0.375. The first-order valence-electron chi connectivity index (χ1n) is 6.89. The minimum absolute atomic E-state index is 0.259. The number of carbonyl (C=O) groups is 1. The quantitative estimate of drug-likeness (QED) is 0.537. The smallest absolute Gasteiger partial charge is 0.139 e. The molecule has 108 valence electrons. The van der Waals surface area contributed by atoms with E-state index in [0.29, 0.717) is 0 Å². The van der Waals surface area contributed by atoms with Gasteiger partial charge in [-0.05, 0) is 19.5 Å². The summed E-state index contributed by atoms with van der Waals surface area (Å²) in [6.07, 6.45) is 2.84. The van der Waals surface area contributed by atoms with Crippen molar-refractivity contribution in [3.05, 3.63) is 36.4 Å². The zero-order valence-electron chi connectivity index (χ0n) is 12.3. The van der Waals surface area contributed by atoms with Gasteiger partial charge < -0.3 is 15.4 Å². The minimum atomic E-state index is 0.259. The number of hydrogen-bond acceptors (Lipinski definition) is 4. The van der Waals surface area contributed by atoms with Crippen LogP contribution < -0.4 is 10.6 Å². The standard InChI is InChI=1S/C16H23N3O/c1-4-7-14(12-17-3)19-16-9-6-5-8-15(16)13(2)18-10-11-20/h5-6,8-9,11,17-18H,2,4,7,10,12H2,1,3H3. The van der Waals surface area contributed by atoms with Gasteiger partial charge in [0.15, 0.2) is 0 Å². The van der Waals surface area contributed by atoms with Gasteiger partial charge in [0.1, 0.15) is 6.29 Å². The summed E-state index contributed by atoms with van der Waals surface area (Å²) in [6, 6.07) is 7.83. The second-order valence-corrected chi connectivity index (χ2v) is 4.50. The van der Waals surface area contributed by atoms with E-state index >= 15 is 0 Å². The van der Waals surface area contributed by atoms with E-state index < -0.39 is 0 Å². The number of aliphatic imine (C=N–C) groups is 1. The normalized spacial score (nSPS) is 11.2. The molecule has 0 amide bonds. The average molecular weight is 273 g/mol. The van der Waals surface area contributed by atoms with Crippen LogP contribution in [0.4, 0.5) is 5.69 Å². The predicted molar refractivity (Wildman–Crippen MR) is 85.5 cm³/mol. The van der Waals surface area contributed by atoms with Gasteiger partial charge in [0.25, 0.3) is 0 Å². The van der Waals surface area contributed by atoms with Crippen LogP contribution in [0.15, 0.2) is 35.8 Å². The van der Waals surface area contributed by atoms with Gasteiger partial charge in [-0.15, -0.1) is 0 Å². The van der Waals surface area contributed by atoms with Gasteiger partial charge in [-0.3, -0.25) is 4.99 Å². The first kappa shape index (κ1) is 16.1. The molecule has 0 fully saturated rings. The van der Waals surface area contributed by atoms with E-state index in [1.165, 1.54) is 0 Å². The molecule has 0 aliphatic heterocycles. The van der Waals surface area contributed by atoms with Crippen LogP contribution in [-0.2, 0) is 4.79 Å². The van der Waals surface area contributed by atoms with E-state index in [2.05, 4.69) is 24.1 Å². The summed E-state index contributed by atoms with van der Waals surface area (Å²) in [7, 11) is 1.92. The molecule has 0 heterocycles. The van der Waals surface area contributed by atoms with Crippen molar-refractivity contribution >= 4 is 23.4 Å². The number of benzene rings is 1. The van der Waals surface area contributed by atoms with E-state index in [0.717, 1.165) is 48.3 Å². The fourth-order valence-corrected chi connectivity index (χ4v) is 1.93. The van der Waals surface area contributed by atoms with E-state index in [4.69, 9.17) is 4.99 Å². The number of carbonyl (C=O) groups excluding carboxylic acids is 1. The van der Waals surface area contributed by atoms with E-state index in [-0.39, 0.29) is 6.54 Å². The van der Waals surface area contributed by atoms with Crippen molar-refractivity contribution in [2.75, 3.05) is 20.1 Å². The van der Waals surface area contributed by atoms with E-state index in [9.17, 15) is 4.79 Å². The Labute approximate surface area is 121 Å². The molecule has 2 N–H and O–H groups in total. The van der Waals surface area contributed by atoms with Gasteiger partial charge in [0, 0.05) is 23.5 Å². The van der Waals surface area contributed by atoms with Gasteiger partial charge in [-0.1, -0.05) is 38.1 Å². The Morgan fingerprint density at radius 3 is 2.80 bits per heavy atom. The highest BCUT2D eigenvalue weighted by atomic mass is 16.1. The molecule has 0 saturated carbocycles. The Morgan fingerprint density at radius 1 is 1.40 bits per heavy atom. The predicted octanol–water partition coefficient (Wildman–Crippen LogP) is 2.54. The maximum absolute atomic E-state index is 10.4. The number of aldehydes is 1. The first-order chi connectivity index (χ1) is 9.72. The lowest BCUT2D eigenvalue weighted by Gasteiger charge is -2.11. The lowest BCUT2D eigenvalue weighted by Crippen LogP contribution is -2.18. The van der Waals surface area contributed by atoms with Gasteiger partial charge in [-0.25, -0.2) is 0 Å². The van der Waals surface area contributed by atoms with Crippen LogP contribution in [0.25, 0.3) is 5.70 Å². The van der Waals surface area contributed by atoms with Crippen LogP contribution in [0, 0.1) is 0 Å². The Hall–Kier alpha value is -1.94. The number of nitrogens with one attached hydrogen (secondary N) is 2. The summed E-state index contributed by atoms with van der Waals surface area (Å²) < 4.78 is 0. The molecule has 0 atom stereocenters. The maximum atomic E-state index is 10.4. The van der Waals surface area contributed by atoms with E-state index in [1.54, 1.807) is 0 Å². The van der Waals surface area contributed by atoms with Gasteiger partial charge in [0.05, 0.1) is 12.2 Å². The molecule has 1 aromatic rings. The van der Waals surface area contributed by atoms with Crippen LogP contribution in [0.1, 0.15) is 25.3 Å². The molecule has 4 nitrogen and oxygen atoms in total. The largest absolute Gasteiger partial charge is 0.378 e. The molecule has 0 saturated heterocycles. The summed E-state index contributed by atoms with van der Waals surface area (Å²) >= 11 is 0. The fourth-order valence-electron chi connectivity index (χ4n) is 1.93. The summed E-state index contributed by atoms with van der Waals surface area (Å²) in [4.78, 5) is 15.2. The highest BCUT2D eigenvalue weighted by Crippen LogP contribution is 2.24. The van der Waals surface area contributed by atoms with Gasteiger partial charge >= 0.3 is 0 Å². The second-order valence-electron chi connectivity index (χ2n) is 4.50. The summed E-state index contributed by atoms with van der Waals surface area (Å²) in [5.41, 5.74) is 3.65. The van der Waals surface area contributed by atoms with Gasteiger partial charge in [-0.2, -0.15) is 0 Å². The molecule has 4 heteroatoms. The monoisotopic (exact) mass is 273 g/mol. The van der Waals surface area contributed by atoms with Crippen molar-refractivity contribution in [1.82, 2.24) is 10.6 Å². The third-order valence-corrected chi connectivity index (χ3v) is 2.83. The van der Waals surface area contributed by atoms with Gasteiger partial charge in [0.2, 0.25) is 0 Å². The van der Waals surface area contributed by atoms with Crippen LogP contribution in [0.5, 0.6) is 0 Å². The zero-order valence-corrected chi connectivity index (χ0v) is 12.3. The molecular formula is C16H23N3O. The maximum Gasteiger partial charge on any atom is 0.139 e. The van der Waals surface area contributed by atoms with E-state index in [1.807, 2.05) is 31.3 Å². The lowest BCUT2D eigenvalue weighted by atomic mass is 10.1. The van der Waals surface area contributed by atoms with Crippen molar-refractivity contribution in [3.8, 4) is 0 Å². The molecule has 20 heavy (non-hydrogen) atoms. The molecular weight excluding hydrogens is 250 g/mol. The number of para-hydroxylation sites is 1. The minimum Gasteiger partial charge on any atom is -0.378 e. The van der Waals surface area contributed by atoms with Crippen molar-refractivity contribution in [3.63, 3.8) is 0 Å². The SMILES string of the molecule is C=C(NCC=O)c1ccccc1N=C(CCC)CNC. The number of hydrogen-bond donors (Lipinski definition) is 2. The Morgan fingerprint density at radius 2 is 2.15 bits per heavy atom. The zero-order chi connectivity index (χ0) is 14.8. The first-order valence-corrected chi connectivity index (χ1v) is 6.89. The van der Waals surface area contributed by atoms with Crippen molar-refractivity contribution in [2.45, 2.75) is 19.8 Å². The topological polar surface area (TPSA) is 53.5 Å². The van der Waals surface area contributed by atoms with Crippen molar-refractivity contribution < 1.29 is 4.79 Å². The molecule has 0 spiro atoms. The van der Waals surface area contributed by atoms with Crippen LogP contribution in [-0.4, -0.2) is 32.1 Å². The summed E-state index contributed by atoms with van der Waals surface area (Å²) in [6.45, 7) is 7.14. The second kappa shape index (κ2) is 9.04. The summed E-state index contributed by atoms with van der Waals surface area (Å²) in [5, 5.41) is 6.12. The molecule has 1 rings (SSSR count). The van der Waals surface area contributed by atoms with Crippen LogP contribution >= 0.6 is 0 Å². The summed E-state index contributed by atoms with van der Waals surface area (Å²) in [5.74, 6) is 0. The highest BCUT2D eigenvalue weighted by molar-refractivity contribution is 5.90. The number of rotatable bonds is 9. The third kappa shape index (κ3) is 4.97. The molecule has 0 aliphatic carbocycles. The lowest BCUT2D eigenvalue weighted by molar-refractivity contribution is -0.107. The van der Waals surface area contributed by atoms with Crippen molar-refractivity contribution in [1.29, 1.82) is 0 Å². The highest BCUT2D eigenvalue weighted by Gasteiger charge is 2.06. The Balaban J connectivity index is 3.01.